The Bertz CT molecular complexity index is 199. The molecule has 10 heteroatoms. The molecule has 0 heterocycles. The third-order valence-electron chi connectivity index (χ3n) is 1.06. The van der Waals surface area contributed by atoms with Gasteiger partial charge in [0.2, 0.25) is 0 Å². The molecule has 0 fully saturated rings. The summed E-state index contributed by atoms with van der Waals surface area (Å²) in [5.74, 6) is -4.40. The molecule has 16 heavy (non-hydrogen) atoms. The van der Waals surface area contributed by atoms with E-state index in [1.54, 1.807) is 0 Å². The van der Waals surface area contributed by atoms with E-state index in [1.165, 1.54) is 0 Å². The Morgan fingerprint density at radius 2 is 1.25 bits per heavy atom. The fourth-order valence-corrected chi connectivity index (χ4v) is 0.724. The third kappa shape index (κ3) is 16.7. The van der Waals surface area contributed by atoms with Gasteiger partial charge in [-0.05, 0) is 0 Å². The second-order valence-corrected chi connectivity index (χ2v) is 2.28. The van der Waals surface area contributed by atoms with Gasteiger partial charge in [-0.25, -0.2) is 0 Å². The summed E-state index contributed by atoms with van der Waals surface area (Å²) in [6.45, 7) is -2.18. The van der Waals surface area contributed by atoms with E-state index >= 15 is 0 Å². The van der Waals surface area contributed by atoms with Crippen LogP contribution in [0.1, 0.15) is 0 Å². The molecule has 0 rings (SSSR count). The maximum atomic E-state index is 10.1. The van der Waals surface area contributed by atoms with E-state index in [1.807, 2.05) is 0 Å². The Kier molecular flexibility index (Phi) is 21.1. The number of nitrogens with zero attached hydrogens (tertiary/aromatic N) is 1. The van der Waals surface area contributed by atoms with E-state index in [0.29, 0.717) is 4.90 Å². The predicted molar refractivity (Wildman–Crippen MR) is 39.1 cm³/mol. The number of carbonyl (C=O) groups excluding carboxylic acids is 2. The molecule has 0 saturated heterocycles. The topological polar surface area (TPSA) is 156 Å². The molecule has 4 N–H and O–H groups in total. The van der Waals surface area contributed by atoms with Crippen molar-refractivity contribution in [3.8, 4) is 0 Å². The molecule has 0 radical (unpaired) electrons. The fraction of sp³-hybridized carbons (Fsp3) is 0.500. The van der Waals surface area contributed by atoms with Gasteiger partial charge in [0, 0.05) is 13.1 Å². The zero-order valence-corrected chi connectivity index (χ0v) is 13.3. The molecule has 8 nitrogen and oxygen atoms in total. The van der Waals surface area contributed by atoms with Gasteiger partial charge in [0.15, 0.2) is 0 Å². The molecule has 0 bridgehead atoms. The van der Waals surface area contributed by atoms with E-state index < -0.39 is 37.5 Å². The first-order chi connectivity index (χ1) is 5.91. The number of hydrogen-bond donors (Lipinski definition) is 2. The van der Waals surface area contributed by atoms with Crippen molar-refractivity contribution in [2.75, 3.05) is 19.6 Å². The minimum absolute atomic E-state index is 0. The number of aliphatic carboxylic acids is 3. The summed E-state index contributed by atoms with van der Waals surface area (Å²) >= 11 is 0. The Labute approximate surface area is 136 Å². The van der Waals surface area contributed by atoms with Gasteiger partial charge in [0.1, 0.15) is 0 Å². The summed E-state index contributed by atoms with van der Waals surface area (Å²) in [5, 5.41) is 28.3. The average Bonchev–Trinajstić information content (AvgIpc) is 1.80. The summed E-state index contributed by atoms with van der Waals surface area (Å²) in [4.78, 5) is 30.8. The van der Waals surface area contributed by atoms with Crippen LogP contribution in [0.5, 0.6) is 0 Å². The van der Waals surface area contributed by atoms with Gasteiger partial charge in [0.05, 0.1) is 18.5 Å². The fourth-order valence-electron chi connectivity index (χ4n) is 0.724. The first-order valence-corrected chi connectivity index (χ1v) is 3.25. The SMILES string of the molecule is N.O=C([O-])CN(CC(=O)[O-])CC(=O)O.[Na+].[Na+]. The summed E-state index contributed by atoms with van der Waals surface area (Å²) in [6, 6.07) is 0. The van der Waals surface area contributed by atoms with Crippen molar-refractivity contribution in [3.05, 3.63) is 0 Å². The molecule has 0 aromatic heterocycles. The number of rotatable bonds is 6. The van der Waals surface area contributed by atoms with Crippen LogP contribution in [-0.2, 0) is 14.4 Å². The van der Waals surface area contributed by atoms with Crippen molar-refractivity contribution in [1.29, 1.82) is 0 Å². The van der Waals surface area contributed by atoms with Crippen LogP contribution in [0.4, 0.5) is 0 Å². The molecule has 0 spiro atoms. The Balaban J connectivity index is -0.000000240. The second-order valence-electron chi connectivity index (χ2n) is 2.28. The number of hydrogen-bond acceptors (Lipinski definition) is 7. The first kappa shape index (κ1) is 25.2. The Morgan fingerprint density at radius 1 is 0.938 bits per heavy atom. The largest absolute Gasteiger partial charge is 1.00 e. The van der Waals surface area contributed by atoms with Crippen LogP contribution < -0.4 is 75.5 Å². The number of carbonyl (C=O) groups is 3. The van der Waals surface area contributed by atoms with E-state index in [-0.39, 0.29) is 65.3 Å². The molecule has 82 valence electrons. The van der Waals surface area contributed by atoms with Gasteiger partial charge >= 0.3 is 65.1 Å². The van der Waals surface area contributed by atoms with Crippen LogP contribution in [0.15, 0.2) is 0 Å². The van der Waals surface area contributed by atoms with Crippen molar-refractivity contribution in [2.45, 2.75) is 0 Å². The molecule has 0 aromatic carbocycles. The molecular formula is C6H10N2Na2O6. The monoisotopic (exact) mass is 252 g/mol. The van der Waals surface area contributed by atoms with Crippen LogP contribution in [0, 0.1) is 0 Å². The number of carboxylic acid groups (broad SMARTS) is 3. The zero-order valence-electron chi connectivity index (χ0n) is 9.26. The summed E-state index contributed by atoms with van der Waals surface area (Å²) < 4.78 is 0. The Morgan fingerprint density at radius 3 is 1.44 bits per heavy atom. The summed E-state index contributed by atoms with van der Waals surface area (Å²) in [5.41, 5.74) is 0. The maximum absolute atomic E-state index is 10.1. The molecule has 0 saturated carbocycles. The van der Waals surface area contributed by atoms with Gasteiger partial charge in [-0.1, -0.05) is 0 Å². The van der Waals surface area contributed by atoms with Gasteiger partial charge in [-0.2, -0.15) is 0 Å². The van der Waals surface area contributed by atoms with E-state index in [4.69, 9.17) is 5.11 Å². The standard InChI is InChI=1S/C6H9NO6.H3N.2Na/c8-4(9)1-7(2-5(10)11)3-6(12)13;;;/h1-3H2,(H,8,9)(H,10,11)(H,12,13);1H3;;/q;;2*+1/p-2. The third-order valence-corrected chi connectivity index (χ3v) is 1.06. The van der Waals surface area contributed by atoms with Gasteiger partial charge in [0.25, 0.3) is 0 Å². The van der Waals surface area contributed by atoms with Gasteiger partial charge in [-0.3, -0.25) is 9.69 Å². The van der Waals surface area contributed by atoms with Crippen molar-refractivity contribution in [2.24, 2.45) is 0 Å². The van der Waals surface area contributed by atoms with E-state index in [0.717, 1.165) is 0 Å². The maximum Gasteiger partial charge on any atom is 1.00 e. The van der Waals surface area contributed by atoms with Crippen molar-refractivity contribution in [1.82, 2.24) is 11.1 Å². The average molecular weight is 252 g/mol. The molecule has 0 aliphatic rings. The zero-order chi connectivity index (χ0) is 10.4. The van der Waals surface area contributed by atoms with Crippen molar-refractivity contribution >= 4 is 17.9 Å². The molecule has 0 aliphatic heterocycles. The van der Waals surface area contributed by atoms with Crippen molar-refractivity contribution in [3.63, 3.8) is 0 Å². The molecule has 0 atom stereocenters. The first-order valence-electron chi connectivity index (χ1n) is 3.25. The Hall–Kier alpha value is 0.330. The van der Waals surface area contributed by atoms with Crippen LogP contribution in [0.25, 0.3) is 0 Å². The van der Waals surface area contributed by atoms with Gasteiger partial charge < -0.3 is 31.1 Å². The summed E-state index contributed by atoms with van der Waals surface area (Å²) in [6.07, 6.45) is 0. The molecule has 0 unspecified atom stereocenters. The van der Waals surface area contributed by atoms with Gasteiger partial charge in [-0.15, -0.1) is 0 Å². The van der Waals surface area contributed by atoms with Crippen LogP contribution in [0.2, 0.25) is 0 Å². The quantitative estimate of drug-likeness (QED) is 0.441. The van der Waals surface area contributed by atoms with Crippen LogP contribution >= 0.6 is 0 Å². The molecule has 0 aliphatic carbocycles. The van der Waals surface area contributed by atoms with Crippen LogP contribution in [-0.4, -0.2) is 47.5 Å². The summed E-state index contributed by atoms with van der Waals surface area (Å²) in [7, 11) is 0. The normalized spacial score (nSPS) is 8.06. The van der Waals surface area contributed by atoms with E-state index in [2.05, 4.69) is 0 Å². The second kappa shape index (κ2) is 13.4. The smallest absolute Gasteiger partial charge is 0.549 e. The minimum Gasteiger partial charge on any atom is -0.549 e. The number of carboxylic acids is 3. The molecule has 0 aromatic rings. The van der Waals surface area contributed by atoms with Crippen LogP contribution in [0.3, 0.4) is 0 Å². The minimum atomic E-state index is -1.54. The molecule has 0 amide bonds. The molecular weight excluding hydrogens is 242 g/mol. The van der Waals surface area contributed by atoms with Crippen molar-refractivity contribution < 1.29 is 88.8 Å². The van der Waals surface area contributed by atoms with E-state index in [9.17, 15) is 24.6 Å². The predicted octanol–water partition coefficient (Wildman–Crippen LogP) is -9.96.